The molecule has 1 saturated heterocycles. The van der Waals surface area contributed by atoms with Crippen LogP contribution in [0.2, 0.25) is 0 Å². The van der Waals surface area contributed by atoms with E-state index < -0.39 is 0 Å². The van der Waals surface area contributed by atoms with Crippen LogP contribution in [0.4, 0.5) is 10.1 Å². The highest BCUT2D eigenvalue weighted by molar-refractivity contribution is 5.89. The van der Waals surface area contributed by atoms with Crippen LogP contribution in [0.5, 0.6) is 0 Å². The number of hydrogen-bond donors (Lipinski definition) is 1. The number of halogens is 2. The minimum Gasteiger partial charge on any atom is -0.462 e. The Bertz CT molecular complexity index is 572. The van der Waals surface area contributed by atoms with Gasteiger partial charge in [0.25, 0.3) is 0 Å². The molecule has 1 aliphatic heterocycles. The molecule has 2 heterocycles. The molecule has 1 aromatic carbocycles. The summed E-state index contributed by atoms with van der Waals surface area (Å²) in [5.74, 6) is -0.211. The van der Waals surface area contributed by atoms with Crippen LogP contribution in [0.15, 0.2) is 28.9 Å². The zero-order valence-corrected chi connectivity index (χ0v) is 11.8. The Labute approximate surface area is 118 Å². The Kier molecular flexibility index (Phi) is 4.02. The van der Waals surface area contributed by atoms with Crippen LogP contribution in [-0.4, -0.2) is 25.2 Å². The molecule has 5 heteroatoms. The van der Waals surface area contributed by atoms with Gasteiger partial charge in [0.05, 0.1) is 12.0 Å². The predicted molar refractivity (Wildman–Crippen MR) is 77.7 cm³/mol. The van der Waals surface area contributed by atoms with Gasteiger partial charge in [-0.15, -0.1) is 12.4 Å². The second kappa shape index (κ2) is 5.39. The Hall–Kier alpha value is -1.26. The van der Waals surface area contributed by atoms with Crippen LogP contribution in [0.3, 0.4) is 0 Å². The molecule has 1 fully saturated rings. The molecule has 0 amide bonds. The number of nitrogens with zero attached hydrogens (tertiary/aromatic N) is 1. The van der Waals surface area contributed by atoms with E-state index in [4.69, 9.17) is 4.42 Å². The van der Waals surface area contributed by atoms with Crippen molar-refractivity contribution in [3.8, 4) is 0 Å². The summed E-state index contributed by atoms with van der Waals surface area (Å²) >= 11 is 0. The molecule has 1 aromatic heterocycles. The van der Waals surface area contributed by atoms with Gasteiger partial charge in [-0.2, -0.15) is 0 Å². The van der Waals surface area contributed by atoms with Crippen LogP contribution < -0.4 is 10.2 Å². The molecule has 0 radical (unpaired) electrons. The summed E-state index contributed by atoms with van der Waals surface area (Å²) in [5, 5.41) is 4.24. The summed E-state index contributed by atoms with van der Waals surface area (Å²) in [4.78, 5) is 2.22. The third-order valence-corrected chi connectivity index (χ3v) is 3.84. The molecule has 0 unspecified atom stereocenters. The Balaban J connectivity index is 0.00000133. The molecule has 0 saturated carbocycles. The fourth-order valence-corrected chi connectivity index (χ4v) is 2.64. The van der Waals surface area contributed by atoms with E-state index in [9.17, 15) is 4.39 Å². The minimum absolute atomic E-state index is 0. The van der Waals surface area contributed by atoms with Crippen LogP contribution >= 0.6 is 12.4 Å². The first-order valence-electron chi connectivity index (χ1n) is 6.33. The number of rotatable bonds is 1. The van der Waals surface area contributed by atoms with Crippen molar-refractivity contribution in [2.24, 2.45) is 0 Å². The fraction of sp³-hybridized carbons (Fsp3) is 0.429. The molecule has 1 N–H and O–H groups in total. The molecule has 19 heavy (non-hydrogen) atoms. The summed E-state index contributed by atoms with van der Waals surface area (Å²) in [6.07, 6.45) is 1.61. The first-order valence-corrected chi connectivity index (χ1v) is 6.33. The first kappa shape index (κ1) is 14.2. The van der Waals surface area contributed by atoms with Crippen LogP contribution in [0.1, 0.15) is 13.8 Å². The largest absolute Gasteiger partial charge is 0.462 e. The van der Waals surface area contributed by atoms with E-state index in [1.807, 2.05) is 0 Å². The maximum absolute atomic E-state index is 13.7. The number of hydrogen-bond acceptors (Lipinski definition) is 3. The highest BCUT2D eigenvalue weighted by atomic mass is 35.5. The SMILES string of the molecule is C[C@@H]1NCCN(c2cc(F)cc3ccoc23)[C@@H]1C.Cl. The van der Waals surface area contributed by atoms with Gasteiger partial charge < -0.3 is 14.6 Å². The molecule has 2 aromatic rings. The normalized spacial score (nSPS) is 23.4. The van der Waals surface area contributed by atoms with Crippen molar-refractivity contribution in [3.63, 3.8) is 0 Å². The van der Waals surface area contributed by atoms with Gasteiger partial charge in [0.1, 0.15) is 5.82 Å². The van der Waals surface area contributed by atoms with Gasteiger partial charge in [-0.3, -0.25) is 0 Å². The molecular formula is C14H18ClFN2O. The quantitative estimate of drug-likeness (QED) is 0.872. The predicted octanol–water partition coefficient (Wildman–Crippen LogP) is 3.18. The van der Waals surface area contributed by atoms with Crippen molar-refractivity contribution >= 4 is 29.1 Å². The topological polar surface area (TPSA) is 28.4 Å². The summed E-state index contributed by atoms with van der Waals surface area (Å²) in [6.45, 7) is 6.07. The highest BCUT2D eigenvalue weighted by Gasteiger charge is 2.26. The Morgan fingerprint density at radius 1 is 1.37 bits per heavy atom. The lowest BCUT2D eigenvalue weighted by atomic mass is 10.1. The third-order valence-electron chi connectivity index (χ3n) is 3.84. The second-order valence-electron chi connectivity index (χ2n) is 4.94. The van der Waals surface area contributed by atoms with Crippen molar-refractivity contribution in [2.45, 2.75) is 25.9 Å². The minimum atomic E-state index is -0.211. The second-order valence-corrected chi connectivity index (χ2v) is 4.94. The van der Waals surface area contributed by atoms with Gasteiger partial charge in [-0.05, 0) is 26.0 Å². The molecule has 0 bridgehead atoms. The zero-order chi connectivity index (χ0) is 12.7. The van der Waals surface area contributed by atoms with Gasteiger partial charge >= 0.3 is 0 Å². The zero-order valence-electron chi connectivity index (χ0n) is 11.0. The summed E-state index contributed by atoms with van der Waals surface area (Å²) in [6, 6.07) is 5.58. The monoisotopic (exact) mass is 284 g/mol. The van der Waals surface area contributed by atoms with E-state index in [0.29, 0.717) is 12.1 Å². The van der Waals surface area contributed by atoms with Gasteiger partial charge in [0, 0.05) is 36.6 Å². The maximum Gasteiger partial charge on any atom is 0.157 e. The van der Waals surface area contributed by atoms with Crippen LogP contribution in [0.25, 0.3) is 11.0 Å². The van der Waals surface area contributed by atoms with E-state index in [2.05, 4.69) is 24.1 Å². The lowest BCUT2D eigenvalue weighted by molar-refractivity contribution is 0.403. The molecule has 0 spiro atoms. The Morgan fingerprint density at radius 3 is 2.95 bits per heavy atom. The van der Waals surface area contributed by atoms with Gasteiger partial charge in [-0.25, -0.2) is 4.39 Å². The number of anilines is 1. The molecule has 3 nitrogen and oxygen atoms in total. The van der Waals surface area contributed by atoms with Crippen molar-refractivity contribution in [3.05, 3.63) is 30.3 Å². The smallest absolute Gasteiger partial charge is 0.157 e. The summed E-state index contributed by atoms with van der Waals surface area (Å²) < 4.78 is 19.2. The van der Waals surface area contributed by atoms with Crippen molar-refractivity contribution < 1.29 is 8.81 Å². The number of nitrogens with one attached hydrogen (secondary N) is 1. The standard InChI is InChI=1S/C14H17FN2O.ClH/c1-9-10(2)17(5-4-16-9)13-8-12(15)7-11-3-6-18-14(11)13;/h3,6-10,16H,4-5H2,1-2H3;1H/t9-,10+;/m0./s1. The number of furan rings is 1. The lowest BCUT2D eigenvalue weighted by Gasteiger charge is -2.40. The molecule has 3 rings (SSSR count). The fourth-order valence-electron chi connectivity index (χ4n) is 2.64. The average Bonchev–Trinajstić information content (AvgIpc) is 2.79. The van der Waals surface area contributed by atoms with Gasteiger partial charge in [-0.1, -0.05) is 0 Å². The number of piperazine rings is 1. The first-order chi connectivity index (χ1) is 8.66. The number of benzene rings is 1. The van der Waals surface area contributed by atoms with E-state index in [-0.39, 0.29) is 18.2 Å². The maximum atomic E-state index is 13.7. The van der Waals surface area contributed by atoms with E-state index in [1.54, 1.807) is 18.4 Å². The van der Waals surface area contributed by atoms with E-state index in [0.717, 1.165) is 29.7 Å². The number of fused-ring (bicyclic) bond motifs is 1. The van der Waals surface area contributed by atoms with Crippen molar-refractivity contribution in [2.75, 3.05) is 18.0 Å². The van der Waals surface area contributed by atoms with Gasteiger partial charge in [0.15, 0.2) is 5.58 Å². The average molecular weight is 285 g/mol. The van der Waals surface area contributed by atoms with Crippen molar-refractivity contribution in [1.29, 1.82) is 0 Å². The van der Waals surface area contributed by atoms with E-state index >= 15 is 0 Å². The van der Waals surface area contributed by atoms with Crippen LogP contribution in [-0.2, 0) is 0 Å². The molecule has 1 aliphatic rings. The Morgan fingerprint density at radius 2 is 2.16 bits per heavy atom. The van der Waals surface area contributed by atoms with Gasteiger partial charge in [0.2, 0.25) is 0 Å². The molecular weight excluding hydrogens is 267 g/mol. The van der Waals surface area contributed by atoms with Crippen molar-refractivity contribution in [1.82, 2.24) is 5.32 Å². The van der Waals surface area contributed by atoms with E-state index in [1.165, 1.54) is 6.07 Å². The third kappa shape index (κ3) is 2.42. The summed E-state index contributed by atoms with van der Waals surface area (Å²) in [7, 11) is 0. The summed E-state index contributed by atoms with van der Waals surface area (Å²) in [5.41, 5.74) is 1.63. The molecule has 0 aliphatic carbocycles. The van der Waals surface area contributed by atoms with Crippen LogP contribution in [0, 0.1) is 5.82 Å². The highest BCUT2D eigenvalue weighted by Crippen LogP contribution is 2.31. The molecule has 2 atom stereocenters. The molecule has 104 valence electrons. The lowest BCUT2D eigenvalue weighted by Crippen LogP contribution is -2.55.